The number of unbranched alkanes of at least 4 members (excludes halogenated alkanes) is 1. The summed E-state index contributed by atoms with van der Waals surface area (Å²) >= 11 is 0. The van der Waals surface area contributed by atoms with E-state index in [0.717, 1.165) is 16.5 Å². The van der Waals surface area contributed by atoms with Crippen LogP contribution in [0.4, 0.5) is 0 Å². The van der Waals surface area contributed by atoms with Crippen LogP contribution in [0.1, 0.15) is 25.6 Å². The zero-order valence-corrected chi connectivity index (χ0v) is 22.9. The number of methoxy groups -OCH3 is 2. The second kappa shape index (κ2) is 10.8. The Labute approximate surface area is 230 Å². The number of benzene rings is 3. The highest BCUT2D eigenvalue weighted by molar-refractivity contribution is 7.91. The Bertz CT molecular complexity index is 1840. The Hall–Kier alpha value is -4.71. The normalized spacial score (nSPS) is 11.6. The maximum Gasteiger partial charge on any atom is 0.281 e. The van der Waals surface area contributed by atoms with E-state index in [1.807, 2.05) is 31.2 Å². The van der Waals surface area contributed by atoms with E-state index in [0.29, 0.717) is 24.0 Å². The van der Waals surface area contributed by atoms with Crippen molar-refractivity contribution >= 4 is 20.9 Å². The largest absolute Gasteiger partial charge is 0.494 e. The predicted octanol–water partition coefficient (Wildman–Crippen LogP) is 3.86. The summed E-state index contributed by atoms with van der Waals surface area (Å²) in [6.45, 7) is 1.97. The van der Waals surface area contributed by atoms with Gasteiger partial charge in [-0.2, -0.15) is 4.98 Å². The molecule has 0 spiro atoms. The topological polar surface area (TPSA) is 138 Å². The fourth-order valence-electron chi connectivity index (χ4n) is 4.50. The van der Waals surface area contributed by atoms with Crippen molar-refractivity contribution in [2.24, 2.45) is 0 Å². The SMILES string of the molecule is CCCCc1nc(O)c(S(=O)(=O)c2ccc(-n3nnc4ccccc43)cc2)c(=O)n1-c1c(OC)cccc1OC. The number of sulfone groups is 1. The summed E-state index contributed by atoms with van der Waals surface area (Å²) in [7, 11) is -1.65. The lowest BCUT2D eigenvalue weighted by Gasteiger charge is -2.19. The van der Waals surface area contributed by atoms with Crippen molar-refractivity contribution in [2.75, 3.05) is 14.2 Å². The summed E-state index contributed by atoms with van der Waals surface area (Å²) in [5, 5.41) is 19.1. The van der Waals surface area contributed by atoms with E-state index < -0.39 is 26.2 Å². The van der Waals surface area contributed by atoms with Gasteiger partial charge in [0.2, 0.25) is 15.7 Å². The first-order valence-corrected chi connectivity index (χ1v) is 14.0. The smallest absolute Gasteiger partial charge is 0.281 e. The fraction of sp³-hybridized carbons (Fsp3) is 0.214. The van der Waals surface area contributed by atoms with Crippen LogP contribution >= 0.6 is 0 Å². The average Bonchev–Trinajstić information content (AvgIpc) is 3.40. The number of aromatic hydroxyl groups is 1. The number of ether oxygens (including phenoxy) is 2. The molecule has 5 rings (SSSR count). The molecule has 2 aromatic heterocycles. The number of fused-ring (bicyclic) bond motifs is 1. The lowest BCUT2D eigenvalue weighted by Crippen LogP contribution is -2.29. The monoisotopic (exact) mass is 561 g/mol. The number of aromatic nitrogens is 5. The van der Waals surface area contributed by atoms with Gasteiger partial charge in [-0.15, -0.1) is 5.10 Å². The molecule has 40 heavy (non-hydrogen) atoms. The van der Waals surface area contributed by atoms with Crippen LogP contribution in [0, 0.1) is 0 Å². The minimum atomic E-state index is -4.51. The van der Waals surface area contributed by atoms with E-state index in [-0.39, 0.29) is 27.9 Å². The number of aryl methyl sites for hydroxylation is 1. The summed E-state index contributed by atoms with van der Waals surface area (Å²) in [4.78, 5) is 17.1. The Morgan fingerprint density at radius 1 is 0.925 bits per heavy atom. The zero-order chi connectivity index (χ0) is 28.4. The van der Waals surface area contributed by atoms with Crippen molar-refractivity contribution < 1.29 is 23.0 Å². The molecule has 1 N–H and O–H groups in total. The molecular formula is C28H27N5O6S. The molecule has 0 radical (unpaired) electrons. The van der Waals surface area contributed by atoms with Crippen molar-refractivity contribution in [3.63, 3.8) is 0 Å². The van der Waals surface area contributed by atoms with Gasteiger partial charge in [0.05, 0.1) is 30.3 Å². The van der Waals surface area contributed by atoms with Gasteiger partial charge in [0.25, 0.3) is 5.56 Å². The second-order valence-electron chi connectivity index (χ2n) is 8.92. The summed E-state index contributed by atoms with van der Waals surface area (Å²) in [5.41, 5.74) is 1.23. The quantitative estimate of drug-likeness (QED) is 0.284. The van der Waals surface area contributed by atoms with Crippen LogP contribution in [0.5, 0.6) is 17.4 Å². The van der Waals surface area contributed by atoms with Crippen LogP contribution in [0.2, 0.25) is 0 Å². The van der Waals surface area contributed by atoms with Gasteiger partial charge in [-0.1, -0.05) is 36.8 Å². The van der Waals surface area contributed by atoms with Crippen LogP contribution in [-0.2, 0) is 16.3 Å². The molecule has 206 valence electrons. The van der Waals surface area contributed by atoms with E-state index in [1.165, 1.54) is 26.4 Å². The first-order chi connectivity index (χ1) is 19.3. The lowest BCUT2D eigenvalue weighted by atomic mass is 10.2. The van der Waals surface area contributed by atoms with Crippen molar-refractivity contribution in [1.29, 1.82) is 0 Å². The van der Waals surface area contributed by atoms with E-state index >= 15 is 0 Å². The average molecular weight is 562 g/mol. The molecule has 0 aliphatic heterocycles. The molecule has 2 heterocycles. The van der Waals surface area contributed by atoms with Gasteiger partial charge < -0.3 is 14.6 Å². The van der Waals surface area contributed by atoms with Crippen LogP contribution in [0.3, 0.4) is 0 Å². The molecule has 0 bridgehead atoms. The van der Waals surface area contributed by atoms with Crippen LogP contribution in [0.25, 0.3) is 22.4 Å². The van der Waals surface area contributed by atoms with Crippen LogP contribution < -0.4 is 15.0 Å². The van der Waals surface area contributed by atoms with E-state index in [4.69, 9.17) is 9.47 Å². The molecule has 0 saturated heterocycles. The van der Waals surface area contributed by atoms with Gasteiger partial charge in [0.1, 0.15) is 28.5 Å². The van der Waals surface area contributed by atoms with E-state index in [9.17, 15) is 18.3 Å². The van der Waals surface area contributed by atoms with Crippen molar-refractivity contribution in [3.8, 4) is 28.8 Å². The summed E-state index contributed by atoms with van der Waals surface area (Å²) < 4.78 is 41.3. The molecule has 0 fully saturated rings. The number of hydrogen-bond donors (Lipinski definition) is 1. The van der Waals surface area contributed by atoms with Crippen LogP contribution in [-0.4, -0.2) is 52.3 Å². The van der Waals surface area contributed by atoms with E-state index in [2.05, 4.69) is 15.3 Å². The third-order valence-electron chi connectivity index (χ3n) is 6.48. The summed E-state index contributed by atoms with van der Waals surface area (Å²) in [6, 6.07) is 18.1. The molecular weight excluding hydrogens is 534 g/mol. The molecule has 3 aromatic carbocycles. The van der Waals surface area contributed by atoms with Crippen molar-refractivity contribution in [2.45, 2.75) is 36.0 Å². The molecule has 0 atom stereocenters. The van der Waals surface area contributed by atoms with E-state index in [1.54, 1.807) is 35.0 Å². The Morgan fingerprint density at radius 2 is 1.60 bits per heavy atom. The van der Waals surface area contributed by atoms with Gasteiger partial charge in [0.15, 0.2) is 4.90 Å². The third-order valence-corrected chi connectivity index (χ3v) is 8.27. The van der Waals surface area contributed by atoms with Gasteiger partial charge in [-0.3, -0.25) is 9.36 Å². The molecule has 0 aliphatic carbocycles. The summed E-state index contributed by atoms with van der Waals surface area (Å²) in [6.07, 6.45) is 1.74. The number of para-hydroxylation sites is 2. The molecule has 0 unspecified atom stereocenters. The highest BCUT2D eigenvalue weighted by Gasteiger charge is 2.31. The first kappa shape index (κ1) is 26.9. The third kappa shape index (κ3) is 4.56. The predicted molar refractivity (Wildman–Crippen MR) is 148 cm³/mol. The Kier molecular flexibility index (Phi) is 7.26. The highest BCUT2D eigenvalue weighted by atomic mass is 32.2. The van der Waals surface area contributed by atoms with Gasteiger partial charge in [-0.05, 0) is 55.0 Å². The maximum atomic E-state index is 14.0. The number of hydrogen-bond acceptors (Lipinski definition) is 9. The van der Waals surface area contributed by atoms with Crippen LogP contribution in [0.15, 0.2) is 81.3 Å². The molecule has 11 nitrogen and oxygen atoms in total. The Balaban J connectivity index is 1.67. The van der Waals surface area contributed by atoms with Crippen molar-refractivity contribution in [3.05, 3.63) is 82.9 Å². The number of rotatable bonds is 9. The first-order valence-electron chi connectivity index (χ1n) is 12.5. The Morgan fingerprint density at radius 3 is 2.25 bits per heavy atom. The minimum Gasteiger partial charge on any atom is -0.494 e. The standard InChI is InChI=1S/C28H27N5O6S/c1-4-5-13-24-29-27(34)26(28(35)32(24)25-22(38-2)11-8-12-23(25)39-3)40(36,37)19-16-14-18(15-17-19)33-21-10-7-6-9-20(21)30-31-33/h6-12,14-17,34H,4-5,13H2,1-3H3. The molecule has 12 heteroatoms. The highest BCUT2D eigenvalue weighted by Crippen LogP contribution is 2.34. The maximum absolute atomic E-state index is 14.0. The second-order valence-corrected chi connectivity index (χ2v) is 10.8. The van der Waals surface area contributed by atoms with Gasteiger partial charge >= 0.3 is 0 Å². The molecule has 0 saturated carbocycles. The van der Waals surface area contributed by atoms with Gasteiger partial charge in [0, 0.05) is 6.42 Å². The molecule has 0 amide bonds. The molecule has 0 aliphatic rings. The lowest BCUT2D eigenvalue weighted by molar-refractivity contribution is 0.386. The van der Waals surface area contributed by atoms with Gasteiger partial charge in [-0.25, -0.2) is 13.1 Å². The number of nitrogens with zero attached hydrogens (tertiary/aromatic N) is 5. The fourth-order valence-corrected chi connectivity index (χ4v) is 5.84. The zero-order valence-electron chi connectivity index (χ0n) is 22.1. The molecule has 5 aromatic rings. The van der Waals surface area contributed by atoms with Crippen molar-refractivity contribution in [1.82, 2.24) is 24.5 Å². The summed E-state index contributed by atoms with van der Waals surface area (Å²) in [5.74, 6) is -0.133. The minimum absolute atomic E-state index is 0.180.